The molecular weight excluding hydrogens is 192 g/mol. The van der Waals surface area contributed by atoms with Crippen LogP contribution in [0.15, 0.2) is 43.0 Å². The van der Waals surface area contributed by atoms with Gasteiger partial charge in [0.2, 0.25) is 5.95 Å². The Bertz CT molecular complexity index is 443. The average molecular weight is 200 g/mol. The van der Waals surface area contributed by atoms with E-state index in [9.17, 15) is 4.79 Å². The van der Waals surface area contributed by atoms with Crippen molar-refractivity contribution in [2.45, 2.75) is 0 Å². The molecule has 0 saturated heterocycles. The fraction of sp³-hybridized carbons (Fsp3) is 0. The van der Waals surface area contributed by atoms with Crippen molar-refractivity contribution >= 4 is 11.9 Å². The molecule has 1 N–H and O–H groups in total. The Morgan fingerprint density at radius 2 is 1.73 bits per heavy atom. The van der Waals surface area contributed by atoms with Crippen molar-refractivity contribution in [1.82, 2.24) is 15.0 Å². The highest BCUT2D eigenvalue weighted by Gasteiger charge is 2.05. The quantitative estimate of drug-likeness (QED) is 0.788. The maximum atomic E-state index is 11.6. The van der Waals surface area contributed by atoms with Crippen LogP contribution >= 0.6 is 0 Å². The molecule has 0 spiro atoms. The molecule has 2 heterocycles. The molecule has 0 fully saturated rings. The van der Waals surface area contributed by atoms with Crippen LogP contribution in [0.4, 0.5) is 5.95 Å². The zero-order valence-corrected chi connectivity index (χ0v) is 7.79. The second kappa shape index (κ2) is 4.28. The molecule has 0 unspecified atom stereocenters. The molecule has 0 aromatic carbocycles. The van der Waals surface area contributed by atoms with Gasteiger partial charge in [0.15, 0.2) is 0 Å². The van der Waals surface area contributed by atoms with Crippen LogP contribution in [0.25, 0.3) is 0 Å². The largest absolute Gasteiger partial charge is 0.290 e. The molecule has 5 nitrogen and oxygen atoms in total. The Morgan fingerprint density at radius 1 is 1.07 bits per heavy atom. The van der Waals surface area contributed by atoms with Gasteiger partial charge >= 0.3 is 0 Å². The van der Waals surface area contributed by atoms with E-state index in [0.717, 1.165) is 0 Å². The number of amides is 1. The summed E-state index contributed by atoms with van der Waals surface area (Å²) in [6.07, 6.45) is 6.24. The van der Waals surface area contributed by atoms with Crippen LogP contribution in [-0.2, 0) is 0 Å². The van der Waals surface area contributed by atoms with Crippen molar-refractivity contribution in [3.05, 3.63) is 48.5 Å². The molecule has 2 rings (SSSR count). The highest BCUT2D eigenvalue weighted by atomic mass is 16.1. The van der Waals surface area contributed by atoms with E-state index in [1.165, 1.54) is 0 Å². The van der Waals surface area contributed by atoms with E-state index in [0.29, 0.717) is 11.5 Å². The van der Waals surface area contributed by atoms with Gasteiger partial charge in [-0.2, -0.15) is 0 Å². The topological polar surface area (TPSA) is 67.8 Å². The first kappa shape index (κ1) is 9.26. The number of nitrogens with zero attached hydrogens (tertiary/aromatic N) is 3. The SMILES string of the molecule is O=C(Nc1ncccn1)c1ccncc1. The van der Waals surface area contributed by atoms with Gasteiger partial charge in [-0.3, -0.25) is 15.1 Å². The lowest BCUT2D eigenvalue weighted by Gasteiger charge is -2.01. The first-order valence-corrected chi connectivity index (χ1v) is 4.34. The smallest absolute Gasteiger partial charge is 0.258 e. The number of hydrogen-bond acceptors (Lipinski definition) is 4. The molecule has 0 bridgehead atoms. The Kier molecular flexibility index (Phi) is 2.64. The third-order valence-electron chi connectivity index (χ3n) is 1.73. The number of hydrogen-bond donors (Lipinski definition) is 1. The van der Waals surface area contributed by atoms with Crippen molar-refractivity contribution in [2.75, 3.05) is 5.32 Å². The Morgan fingerprint density at radius 3 is 2.40 bits per heavy atom. The fourth-order valence-electron chi connectivity index (χ4n) is 1.04. The highest BCUT2D eigenvalue weighted by molar-refractivity contribution is 6.03. The third-order valence-corrected chi connectivity index (χ3v) is 1.73. The number of pyridine rings is 1. The van der Waals surface area contributed by atoms with E-state index >= 15 is 0 Å². The first-order valence-electron chi connectivity index (χ1n) is 4.34. The third kappa shape index (κ3) is 2.34. The minimum atomic E-state index is -0.247. The van der Waals surface area contributed by atoms with Crippen LogP contribution in [0.1, 0.15) is 10.4 Å². The molecule has 0 aliphatic heterocycles. The molecule has 0 saturated carbocycles. The Balaban J connectivity index is 2.12. The van der Waals surface area contributed by atoms with Gasteiger partial charge in [-0.05, 0) is 18.2 Å². The average Bonchev–Trinajstić information content (AvgIpc) is 2.31. The number of carbonyl (C=O) groups excluding carboxylic acids is 1. The van der Waals surface area contributed by atoms with E-state index in [2.05, 4.69) is 20.3 Å². The van der Waals surface area contributed by atoms with Crippen molar-refractivity contribution in [2.24, 2.45) is 0 Å². The van der Waals surface area contributed by atoms with Gasteiger partial charge in [0.1, 0.15) is 0 Å². The maximum Gasteiger partial charge on any atom is 0.258 e. The summed E-state index contributed by atoms with van der Waals surface area (Å²) in [4.78, 5) is 23.2. The second-order valence-corrected chi connectivity index (χ2v) is 2.76. The predicted octanol–water partition coefficient (Wildman–Crippen LogP) is 1.12. The monoisotopic (exact) mass is 200 g/mol. The zero-order valence-electron chi connectivity index (χ0n) is 7.79. The molecule has 2 aromatic heterocycles. The fourth-order valence-corrected chi connectivity index (χ4v) is 1.04. The predicted molar refractivity (Wildman–Crippen MR) is 54.2 cm³/mol. The van der Waals surface area contributed by atoms with Gasteiger partial charge in [-0.1, -0.05) is 0 Å². The lowest BCUT2D eigenvalue weighted by atomic mass is 10.2. The van der Waals surface area contributed by atoms with Crippen molar-refractivity contribution < 1.29 is 4.79 Å². The van der Waals surface area contributed by atoms with Crippen LogP contribution in [0.3, 0.4) is 0 Å². The normalized spacial score (nSPS) is 9.60. The second-order valence-electron chi connectivity index (χ2n) is 2.76. The van der Waals surface area contributed by atoms with Gasteiger partial charge in [-0.15, -0.1) is 0 Å². The van der Waals surface area contributed by atoms with E-state index in [1.807, 2.05) is 0 Å². The maximum absolute atomic E-state index is 11.6. The number of rotatable bonds is 2. The Hall–Kier alpha value is -2.30. The van der Waals surface area contributed by atoms with Gasteiger partial charge in [0.05, 0.1) is 0 Å². The van der Waals surface area contributed by atoms with E-state index in [4.69, 9.17) is 0 Å². The molecular formula is C10H8N4O. The van der Waals surface area contributed by atoms with E-state index < -0.39 is 0 Å². The van der Waals surface area contributed by atoms with Crippen LogP contribution in [0.2, 0.25) is 0 Å². The van der Waals surface area contributed by atoms with Crippen molar-refractivity contribution in [3.63, 3.8) is 0 Å². The summed E-state index contributed by atoms with van der Waals surface area (Å²) in [5.41, 5.74) is 0.525. The minimum Gasteiger partial charge on any atom is -0.290 e. The summed E-state index contributed by atoms with van der Waals surface area (Å²) in [6.45, 7) is 0. The summed E-state index contributed by atoms with van der Waals surface area (Å²) < 4.78 is 0. The van der Waals surface area contributed by atoms with Crippen molar-refractivity contribution in [1.29, 1.82) is 0 Å². The number of aromatic nitrogens is 3. The van der Waals surface area contributed by atoms with E-state index in [1.54, 1.807) is 43.0 Å². The number of nitrogens with one attached hydrogen (secondary N) is 1. The molecule has 2 aromatic rings. The summed E-state index contributed by atoms with van der Waals surface area (Å²) in [5.74, 6) is 0.0444. The molecule has 15 heavy (non-hydrogen) atoms. The van der Waals surface area contributed by atoms with Gasteiger partial charge in [-0.25, -0.2) is 9.97 Å². The van der Waals surface area contributed by atoms with Crippen LogP contribution < -0.4 is 5.32 Å². The number of anilines is 1. The summed E-state index contributed by atoms with van der Waals surface area (Å²) in [7, 11) is 0. The minimum absolute atomic E-state index is 0.247. The van der Waals surface area contributed by atoms with Gasteiger partial charge in [0, 0.05) is 30.4 Å². The molecule has 1 amide bonds. The van der Waals surface area contributed by atoms with Gasteiger partial charge < -0.3 is 0 Å². The lowest BCUT2D eigenvalue weighted by Crippen LogP contribution is -2.13. The summed E-state index contributed by atoms with van der Waals surface area (Å²) in [6, 6.07) is 4.93. The van der Waals surface area contributed by atoms with Crippen LogP contribution in [0, 0.1) is 0 Å². The highest BCUT2D eigenvalue weighted by Crippen LogP contribution is 2.01. The zero-order chi connectivity index (χ0) is 10.5. The van der Waals surface area contributed by atoms with Crippen molar-refractivity contribution in [3.8, 4) is 0 Å². The summed E-state index contributed by atoms with van der Waals surface area (Å²) in [5, 5.41) is 2.57. The molecule has 0 aliphatic carbocycles. The number of carbonyl (C=O) groups is 1. The lowest BCUT2D eigenvalue weighted by molar-refractivity contribution is 0.102. The standard InChI is InChI=1S/C10H8N4O/c15-9(8-2-6-11-7-3-8)14-10-12-4-1-5-13-10/h1-7H,(H,12,13,14,15). The van der Waals surface area contributed by atoms with E-state index in [-0.39, 0.29) is 5.91 Å². The molecule has 74 valence electrons. The molecule has 5 heteroatoms. The molecule has 0 aliphatic rings. The molecule has 0 radical (unpaired) electrons. The first-order chi connectivity index (χ1) is 7.36. The molecule has 0 atom stereocenters. The van der Waals surface area contributed by atoms with Crippen LogP contribution in [0.5, 0.6) is 0 Å². The van der Waals surface area contributed by atoms with Crippen LogP contribution in [-0.4, -0.2) is 20.9 Å². The Labute approximate surface area is 86.2 Å². The summed E-state index contributed by atoms with van der Waals surface area (Å²) >= 11 is 0. The van der Waals surface area contributed by atoms with Gasteiger partial charge in [0.25, 0.3) is 5.91 Å².